The summed E-state index contributed by atoms with van der Waals surface area (Å²) < 4.78 is 14.3. The normalized spacial score (nSPS) is 21.3. The number of nitrogens with zero attached hydrogens (tertiary/aromatic N) is 1. The quantitative estimate of drug-likeness (QED) is 0.317. The molecule has 0 spiro atoms. The third-order valence-corrected chi connectivity index (χ3v) is 5.21. The summed E-state index contributed by atoms with van der Waals surface area (Å²) in [4.78, 5) is 10.2. The molecule has 1 aromatic rings. The van der Waals surface area contributed by atoms with Crippen molar-refractivity contribution in [3.05, 3.63) is 39.7 Å². The van der Waals surface area contributed by atoms with Gasteiger partial charge in [0.2, 0.25) is 5.82 Å². The zero-order valence-electron chi connectivity index (χ0n) is 14.1. The molecular formula is C19H28FNO2. The average Bonchev–Trinajstić information content (AvgIpc) is 2.55. The van der Waals surface area contributed by atoms with Crippen LogP contribution in [0.1, 0.15) is 82.6 Å². The van der Waals surface area contributed by atoms with Gasteiger partial charge < -0.3 is 0 Å². The molecule has 128 valence electrons. The van der Waals surface area contributed by atoms with Gasteiger partial charge in [-0.1, -0.05) is 57.6 Å². The van der Waals surface area contributed by atoms with Gasteiger partial charge in [-0.15, -0.1) is 0 Å². The van der Waals surface area contributed by atoms with Crippen LogP contribution >= 0.6 is 0 Å². The van der Waals surface area contributed by atoms with Crippen LogP contribution in [0, 0.1) is 21.8 Å². The molecule has 2 rings (SSSR count). The first-order valence-electron chi connectivity index (χ1n) is 9.06. The van der Waals surface area contributed by atoms with Crippen molar-refractivity contribution in [1.29, 1.82) is 0 Å². The summed E-state index contributed by atoms with van der Waals surface area (Å²) in [5.41, 5.74) is 0.154. The molecule has 1 fully saturated rings. The zero-order chi connectivity index (χ0) is 16.7. The number of unbranched alkanes of at least 4 members (excludes halogenated alkanes) is 4. The van der Waals surface area contributed by atoms with E-state index in [0.717, 1.165) is 31.6 Å². The van der Waals surface area contributed by atoms with Crippen LogP contribution in [0.3, 0.4) is 0 Å². The van der Waals surface area contributed by atoms with Crippen LogP contribution in [0.25, 0.3) is 0 Å². The standard InChI is InChI=1S/C19H28FNO2/c1-2-3-4-5-6-8-15-11-13-16(14-12-15)17-9-7-10-18(19(17)20)21(22)23/h7,9-10,15-16H,2-6,8,11-14H2,1H3/t15-,16-. The molecule has 0 N–H and O–H groups in total. The molecule has 0 aliphatic heterocycles. The van der Waals surface area contributed by atoms with Crippen molar-refractivity contribution in [3.8, 4) is 0 Å². The number of halogens is 1. The molecule has 0 unspecified atom stereocenters. The Kier molecular flexibility index (Phi) is 7.00. The third-order valence-electron chi connectivity index (χ3n) is 5.21. The van der Waals surface area contributed by atoms with Gasteiger partial charge in [-0.3, -0.25) is 10.1 Å². The molecule has 0 amide bonds. The molecule has 0 aromatic heterocycles. The monoisotopic (exact) mass is 321 g/mol. The summed E-state index contributed by atoms with van der Waals surface area (Å²) in [6.45, 7) is 2.23. The van der Waals surface area contributed by atoms with E-state index >= 15 is 0 Å². The first-order chi connectivity index (χ1) is 11.1. The first-order valence-corrected chi connectivity index (χ1v) is 9.06. The summed E-state index contributed by atoms with van der Waals surface area (Å²) in [6, 6.07) is 4.58. The molecule has 0 atom stereocenters. The van der Waals surface area contributed by atoms with Crippen LogP contribution in [0.15, 0.2) is 18.2 Å². The molecule has 23 heavy (non-hydrogen) atoms. The second kappa shape index (κ2) is 8.99. The van der Waals surface area contributed by atoms with Gasteiger partial charge in [0.1, 0.15) is 0 Å². The highest BCUT2D eigenvalue weighted by Gasteiger charge is 2.27. The number of benzene rings is 1. The topological polar surface area (TPSA) is 43.1 Å². The second-order valence-corrected chi connectivity index (χ2v) is 6.86. The minimum absolute atomic E-state index is 0.145. The molecule has 0 bridgehead atoms. The Balaban J connectivity index is 1.83. The van der Waals surface area contributed by atoms with Gasteiger partial charge in [0.25, 0.3) is 0 Å². The van der Waals surface area contributed by atoms with Crippen LogP contribution in [0.5, 0.6) is 0 Å². The van der Waals surface area contributed by atoms with E-state index in [4.69, 9.17) is 0 Å². The largest absolute Gasteiger partial charge is 0.305 e. The molecule has 1 aromatic carbocycles. The molecule has 4 heteroatoms. The Labute approximate surface area is 138 Å². The predicted molar refractivity (Wildman–Crippen MR) is 91.1 cm³/mol. The summed E-state index contributed by atoms with van der Waals surface area (Å²) in [5.74, 6) is 0.279. The molecule has 0 heterocycles. The Hall–Kier alpha value is -1.45. The van der Waals surface area contributed by atoms with Crippen molar-refractivity contribution in [3.63, 3.8) is 0 Å². The van der Waals surface area contributed by atoms with Crippen LogP contribution in [0.2, 0.25) is 0 Å². The number of rotatable bonds is 8. The van der Waals surface area contributed by atoms with Crippen molar-refractivity contribution in [2.24, 2.45) is 5.92 Å². The lowest BCUT2D eigenvalue weighted by molar-refractivity contribution is -0.387. The summed E-state index contributed by atoms with van der Waals surface area (Å²) in [7, 11) is 0. The fourth-order valence-corrected chi connectivity index (χ4v) is 3.79. The van der Waals surface area contributed by atoms with E-state index in [0.29, 0.717) is 5.56 Å². The van der Waals surface area contributed by atoms with Crippen molar-refractivity contribution in [1.82, 2.24) is 0 Å². The van der Waals surface area contributed by atoms with E-state index in [1.54, 1.807) is 12.1 Å². The summed E-state index contributed by atoms with van der Waals surface area (Å²) in [6.07, 6.45) is 12.0. The van der Waals surface area contributed by atoms with Gasteiger partial charge in [-0.25, -0.2) is 0 Å². The molecule has 1 saturated carbocycles. The average molecular weight is 321 g/mol. The van der Waals surface area contributed by atoms with Crippen LogP contribution in [-0.4, -0.2) is 4.92 Å². The minimum atomic E-state index is -0.625. The molecule has 1 aliphatic carbocycles. The molecular weight excluding hydrogens is 293 g/mol. The van der Waals surface area contributed by atoms with Gasteiger partial charge in [-0.05, 0) is 43.1 Å². The summed E-state index contributed by atoms with van der Waals surface area (Å²) in [5, 5.41) is 10.9. The van der Waals surface area contributed by atoms with E-state index in [2.05, 4.69) is 6.92 Å². The van der Waals surface area contributed by atoms with Gasteiger partial charge in [0.05, 0.1) is 4.92 Å². The fraction of sp³-hybridized carbons (Fsp3) is 0.684. The van der Waals surface area contributed by atoms with Crippen molar-refractivity contribution >= 4 is 5.69 Å². The first kappa shape index (κ1) is 17.9. The third kappa shape index (κ3) is 5.02. The van der Waals surface area contributed by atoms with E-state index in [-0.39, 0.29) is 11.6 Å². The lowest BCUT2D eigenvalue weighted by Gasteiger charge is -2.29. The van der Waals surface area contributed by atoms with Gasteiger partial charge in [-0.2, -0.15) is 4.39 Å². The van der Waals surface area contributed by atoms with Gasteiger partial charge in [0, 0.05) is 6.07 Å². The van der Waals surface area contributed by atoms with Crippen molar-refractivity contribution < 1.29 is 9.31 Å². The maximum Gasteiger partial charge on any atom is 0.305 e. The maximum atomic E-state index is 14.3. The lowest BCUT2D eigenvalue weighted by atomic mass is 9.77. The Morgan fingerprint density at radius 3 is 2.48 bits per heavy atom. The van der Waals surface area contributed by atoms with Crippen molar-refractivity contribution in [2.45, 2.75) is 77.0 Å². The van der Waals surface area contributed by atoms with Crippen LogP contribution < -0.4 is 0 Å². The minimum Gasteiger partial charge on any atom is -0.258 e. The highest BCUT2D eigenvalue weighted by molar-refractivity contribution is 5.38. The van der Waals surface area contributed by atoms with Gasteiger partial charge in [0.15, 0.2) is 0 Å². The fourth-order valence-electron chi connectivity index (χ4n) is 3.79. The molecule has 0 saturated heterocycles. The lowest BCUT2D eigenvalue weighted by Crippen LogP contribution is -2.14. The second-order valence-electron chi connectivity index (χ2n) is 6.86. The molecule has 0 radical (unpaired) electrons. The Morgan fingerprint density at radius 2 is 1.83 bits per heavy atom. The SMILES string of the molecule is CCCCCCC[C@H]1CC[C@H](c2cccc([N+](=O)[O-])c2F)CC1. The summed E-state index contributed by atoms with van der Waals surface area (Å²) >= 11 is 0. The highest BCUT2D eigenvalue weighted by atomic mass is 19.1. The smallest absolute Gasteiger partial charge is 0.258 e. The molecule has 3 nitrogen and oxygen atoms in total. The number of hydrogen-bond donors (Lipinski definition) is 0. The zero-order valence-corrected chi connectivity index (χ0v) is 14.1. The Bertz CT molecular complexity index is 510. The predicted octanol–water partition coefficient (Wildman–Crippen LogP) is 6.37. The van der Waals surface area contributed by atoms with E-state index in [9.17, 15) is 14.5 Å². The number of nitro benzene ring substituents is 1. The Morgan fingerprint density at radius 1 is 1.13 bits per heavy atom. The molecule has 1 aliphatic rings. The van der Waals surface area contributed by atoms with E-state index < -0.39 is 10.7 Å². The number of hydrogen-bond acceptors (Lipinski definition) is 2. The highest BCUT2D eigenvalue weighted by Crippen LogP contribution is 2.39. The van der Waals surface area contributed by atoms with Gasteiger partial charge >= 0.3 is 5.69 Å². The van der Waals surface area contributed by atoms with E-state index in [1.807, 2.05) is 0 Å². The van der Waals surface area contributed by atoms with E-state index in [1.165, 1.54) is 44.6 Å². The maximum absolute atomic E-state index is 14.3. The van der Waals surface area contributed by atoms with Crippen LogP contribution in [-0.2, 0) is 0 Å². The number of nitro groups is 1. The van der Waals surface area contributed by atoms with Crippen LogP contribution in [0.4, 0.5) is 10.1 Å². The van der Waals surface area contributed by atoms with Crippen molar-refractivity contribution in [2.75, 3.05) is 0 Å².